The van der Waals surface area contributed by atoms with E-state index in [2.05, 4.69) is 0 Å². The second-order valence-corrected chi connectivity index (χ2v) is 2.60. The number of carbonyl (C=O) groups excluding carboxylic acids is 1. The zero-order valence-electron chi connectivity index (χ0n) is 7.07. The maximum Gasteiger partial charge on any atom is 0.276 e. The summed E-state index contributed by atoms with van der Waals surface area (Å²) in [5, 5.41) is 10.4. The van der Waals surface area contributed by atoms with Gasteiger partial charge in [0.25, 0.3) is 5.69 Å². The van der Waals surface area contributed by atoms with Gasteiger partial charge in [-0.3, -0.25) is 14.9 Å². The first kappa shape index (κ1) is 10.1. The minimum atomic E-state index is -0.949. The fourth-order valence-electron chi connectivity index (χ4n) is 1.00. The summed E-state index contributed by atoms with van der Waals surface area (Å²) in [6, 6.07) is 3.40. The molecule has 2 N–H and O–H groups in total. The molecule has 0 radical (unpaired) electrons. The highest BCUT2D eigenvalue weighted by molar-refractivity contribution is 5.93. The van der Waals surface area contributed by atoms with Crippen LogP contribution in [0.2, 0.25) is 0 Å². The van der Waals surface area contributed by atoms with Crippen molar-refractivity contribution in [3.05, 3.63) is 39.4 Å². The van der Waals surface area contributed by atoms with Gasteiger partial charge in [0.2, 0.25) is 5.91 Å². The molecule has 0 aliphatic carbocycles. The number of amides is 1. The fraction of sp³-hybridized carbons (Fsp3) is 0.125. The van der Waals surface area contributed by atoms with E-state index in [1.807, 2.05) is 0 Å². The van der Waals surface area contributed by atoms with Gasteiger partial charge in [0.05, 0.1) is 10.5 Å². The summed E-state index contributed by atoms with van der Waals surface area (Å²) in [7, 11) is 0. The topological polar surface area (TPSA) is 86.2 Å². The molecule has 74 valence electrons. The molecule has 0 spiro atoms. The average molecular weight is 198 g/mol. The fourth-order valence-corrected chi connectivity index (χ4v) is 1.00. The SMILES string of the molecule is NC(=O)c1ccc(CF)c([N+](=O)[O-])c1. The van der Waals surface area contributed by atoms with Crippen LogP contribution in [0.25, 0.3) is 0 Å². The number of primary amides is 1. The molecule has 0 unspecified atom stereocenters. The molecule has 0 bridgehead atoms. The Kier molecular flexibility index (Phi) is 2.76. The highest BCUT2D eigenvalue weighted by Gasteiger charge is 2.15. The summed E-state index contributed by atoms with van der Waals surface area (Å²) < 4.78 is 12.3. The van der Waals surface area contributed by atoms with Crippen LogP contribution in [0.3, 0.4) is 0 Å². The van der Waals surface area contributed by atoms with E-state index in [1.54, 1.807) is 0 Å². The lowest BCUT2D eigenvalue weighted by molar-refractivity contribution is -0.385. The molecule has 0 atom stereocenters. The van der Waals surface area contributed by atoms with E-state index in [9.17, 15) is 19.3 Å². The molecule has 14 heavy (non-hydrogen) atoms. The number of benzene rings is 1. The minimum absolute atomic E-state index is 0.00565. The van der Waals surface area contributed by atoms with E-state index in [0.717, 1.165) is 6.07 Å². The molecule has 0 fully saturated rings. The van der Waals surface area contributed by atoms with Crippen LogP contribution in [-0.4, -0.2) is 10.8 Å². The molecule has 0 heterocycles. The lowest BCUT2D eigenvalue weighted by Gasteiger charge is -1.99. The third-order valence-corrected chi connectivity index (χ3v) is 1.71. The van der Waals surface area contributed by atoms with Gasteiger partial charge < -0.3 is 5.73 Å². The molecule has 5 nitrogen and oxygen atoms in total. The summed E-state index contributed by atoms with van der Waals surface area (Å²) >= 11 is 0. The van der Waals surface area contributed by atoms with Crippen LogP contribution >= 0.6 is 0 Å². The van der Waals surface area contributed by atoms with Crippen molar-refractivity contribution in [2.75, 3.05) is 0 Å². The number of nitro groups is 1. The van der Waals surface area contributed by atoms with E-state index in [0.29, 0.717) is 0 Å². The zero-order valence-corrected chi connectivity index (χ0v) is 7.07. The number of alkyl halides is 1. The highest BCUT2D eigenvalue weighted by Crippen LogP contribution is 2.20. The van der Waals surface area contributed by atoms with Crippen molar-refractivity contribution >= 4 is 11.6 Å². The Labute approximate surface area is 78.5 Å². The van der Waals surface area contributed by atoms with Gasteiger partial charge in [-0.25, -0.2) is 4.39 Å². The maximum atomic E-state index is 12.3. The number of nitrogens with two attached hydrogens (primary N) is 1. The number of carbonyl (C=O) groups is 1. The van der Waals surface area contributed by atoms with Gasteiger partial charge in [-0.15, -0.1) is 0 Å². The number of hydrogen-bond acceptors (Lipinski definition) is 3. The van der Waals surface area contributed by atoms with Crippen molar-refractivity contribution in [1.29, 1.82) is 0 Å². The number of hydrogen-bond donors (Lipinski definition) is 1. The second kappa shape index (κ2) is 3.82. The van der Waals surface area contributed by atoms with Gasteiger partial charge in [-0.05, 0) is 12.1 Å². The molecular weight excluding hydrogens is 191 g/mol. The first-order valence-corrected chi connectivity index (χ1v) is 3.69. The summed E-state index contributed by atoms with van der Waals surface area (Å²) in [4.78, 5) is 20.4. The summed E-state index contributed by atoms with van der Waals surface area (Å²) in [5.41, 5.74) is 4.42. The molecule has 0 saturated carbocycles. The Morgan fingerprint density at radius 2 is 2.21 bits per heavy atom. The van der Waals surface area contributed by atoms with Crippen molar-refractivity contribution in [3.63, 3.8) is 0 Å². The van der Waals surface area contributed by atoms with Crippen molar-refractivity contribution in [3.8, 4) is 0 Å². The molecule has 0 aliphatic heterocycles. The van der Waals surface area contributed by atoms with Crippen molar-refractivity contribution < 1.29 is 14.1 Å². The van der Waals surface area contributed by atoms with Gasteiger partial charge in [0.15, 0.2) is 0 Å². The van der Waals surface area contributed by atoms with Gasteiger partial charge in [-0.1, -0.05) is 0 Å². The van der Waals surface area contributed by atoms with Crippen LogP contribution < -0.4 is 5.73 Å². The molecule has 1 amide bonds. The van der Waals surface area contributed by atoms with Gasteiger partial charge in [0, 0.05) is 11.6 Å². The number of halogens is 1. The Balaban J connectivity index is 3.27. The van der Waals surface area contributed by atoms with Gasteiger partial charge in [0.1, 0.15) is 6.67 Å². The Bertz CT molecular complexity index is 392. The second-order valence-electron chi connectivity index (χ2n) is 2.60. The maximum absolute atomic E-state index is 12.3. The molecular formula is C8H7FN2O3. The molecule has 6 heteroatoms. The quantitative estimate of drug-likeness (QED) is 0.584. The predicted molar refractivity (Wildman–Crippen MR) is 46.4 cm³/mol. The number of nitrogens with zero attached hydrogens (tertiary/aromatic N) is 1. The van der Waals surface area contributed by atoms with Crippen LogP contribution in [0, 0.1) is 10.1 Å². The first-order chi connectivity index (χ1) is 6.56. The monoisotopic (exact) mass is 198 g/mol. The van der Waals surface area contributed by atoms with Crippen LogP contribution in [0.15, 0.2) is 18.2 Å². The number of nitro benzene ring substituents is 1. The molecule has 0 aromatic heterocycles. The van der Waals surface area contributed by atoms with E-state index < -0.39 is 23.2 Å². The predicted octanol–water partition coefficient (Wildman–Crippen LogP) is 1.16. The average Bonchev–Trinajstić information content (AvgIpc) is 2.16. The van der Waals surface area contributed by atoms with E-state index in [4.69, 9.17) is 5.73 Å². The van der Waals surface area contributed by atoms with Crippen molar-refractivity contribution in [2.45, 2.75) is 6.67 Å². The van der Waals surface area contributed by atoms with E-state index >= 15 is 0 Å². The largest absolute Gasteiger partial charge is 0.366 e. The molecule has 1 rings (SSSR count). The molecule has 0 aliphatic rings. The summed E-state index contributed by atoms with van der Waals surface area (Å²) in [6.07, 6.45) is 0. The lowest BCUT2D eigenvalue weighted by atomic mass is 10.1. The highest BCUT2D eigenvalue weighted by atomic mass is 19.1. The van der Waals surface area contributed by atoms with Gasteiger partial charge in [-0.2, -0.15) is 0 Å². The van der Waals surface area contributed by atoms with Crippen LogP contribution in [0.5, 0.6) is 0 Å². The Morgan fingerprint density at radius 3 is 2.64 bits per heavy atom. The molecule has 1 aromatic rings. The van der Waals surface area contributed by atoms with Crippen molar-refractivity contribution in [1.82, 2.24) is 0 Å². The Morgan fingerprint density at radius 1 is 1.57 bits per heavy atom. The first-order valence-electron chi connectivity index (χ1n) is 3.69. The summed E-state index contributed by atoms with van der Waals surface area (Å²) in [5.74, 6) is -0.779. The smallest absolute Gasteiger partial charge is 0.276 e. The zero-order chi connectivity index (χ0) is 10.7. The lowest BCUT2D eigenvalue weighted by Crippen LogP contribution is -2.11. The van der Waals surface area contributed by atoms with Crippen LogP contribution in [0.1, 0.15) is 15.9 Å². The van der Waals surface area contributed by atoms with Crippen LogP contribution in [-0.2, 0) is 6.67 Å². The van der Waals surface area contributed by atoms with Crippen LogP contribution in [0.4, 0.5) is 10.1 Å². The third-order valence-electron chi connectivity index (χ3n) is 1.71. The third kappa shape index (κ3) is 1.85. The molecule has 1 aromatic carbocycles. The van der Waals surface area contributed by atoms with Gasteiger partial charge >= 0.3 is 0 Å². The summed E-state index contributed by atoms with van der Waals surface area (Å²) in [6.45, 7) is -0.949. The minimum Gasteiger partial charge on any atom is -0.366 e. The Hall–Kier alpha value is -1.98. The molecule has 0 saturated heterocycles. The normalized spacial score (nSPS) is 9.79. The van der Waals surface area contributed by atoms with Crippen molar-refractivity contribution in [2.24, 2.45) is 5.73 Å². The number of rotatable bonds is 3. The standard InChI is InChI=1S/C8H7FN2O3/c9-4-6-2-1-5(8(10)12)3-7(6)11(13)14/h1-3H,4H2,(H2,10,12). The van der Waals surface area contributed by atoms with E-state index in [1.165, 1.54) is 12.1 Å². The van der Waals surface area contributed by atoms with E-state index in [-0.39, 0.29) is 11.1 Å².